The van der Waals surface area contributed by atoms with Crippen LogP contribution in [-0.4, -0.2) is 33.6 Å². The van der Waals surface area contributed by atoms with Gasteiger partial charge in [0.1, 0.15) is 0 Å². The number of hydrogen-bond donors (Lipinski definition) is 0. The lowest BCUT2D eigenvalue weighted by Gasteiger charge is -2.12. The number of carbonyl (C=O) groups is 2. The van der Waals surface area contributed by atoms with Crippen molar-refractivity contribution in [1.29, 1.82) is 0 Å². The van der Waals surface area contributed by atoms with Crippen LogP contribution >= 0.6 is 0 Å². The third-order valence-corrected chi connectivity index (χ3v) is 1.81. The highest BCUT2D eigenvalue weighted by Gasteiger charge is 2.31. The summed E-state index contributed by atoms with van der Waals surface area (Å²) >= 11 is 0. The zero-order chi connectivity index (χ0) is 12.7. The van der Waals surface area contributed by atoms with Gasteiger partial charge >= 0.3 is 19.4 Å². The summed E-state index contributed by atoms with van der Waals surface area (Å²) in [5, 5.41) is 0. The Morgan fingerprint density at radius 1 is 0.941 bits per heavy atom. The molecule has 7 heteroatoms. The average Bonchev–Trinajstić information content (AvgIpc) is 2.38. The zero-order valence-electron chi connectivity index (χ0n) is 9.41. The first-order valence-corrected chi connectivity index (χ1v) is 4.71. The van der Waals surface area contributed by atoms with E-state index in [4.69, 9.17) is 9.31 Å². The number of benzene rings is 1. The minimum absolute atomic E-state index is 0.489. The molecule has 0 fully saturated rings. The molecule has 0 saturated heterocycles. The molecule has 0 bridgehead atoms. The maximum atomic E-state index is 11.0. The Hall–Kier alpha value is -2.18. The van der Waals surface area contributed by atoms with E-state index in [0.29, 0.717) is 5.46 Å². The molecule has 17 heavy (non-hydrogen) atoms. The van der Waals surface area contributed by atoms with Crippen LogP contribution in [0.3, 0.4) is 0 Å². The largest absolute Gasteiger partial charge is 0.641 e. The van der Waals surface area contributed by atoms with Crippen LogP contribution in [0.25, 0.3) is 0 Å². The van der Waals surface area contributed by atoms with E-state index in [1.165, 1.54) is 0 Å². The first-order valence-electron chi connectivity index (χ1n) is 4.71. The van der Waals surface area contributed by atoms with E-state index < -0.39 is 19.4 Å². The molecule has 0 aliphatic rings. The summed E-state index contributed by atoms with van der Waals surface area (Å²) in [4.78, 5) is 22.0. The fraction of sp³-hybridized carbons (Fsp3) is 0.200. The number of hydrogen-bond acceptors (Lipinski definition) is 6. The molecule has 0 N–H and O–H groups in total. The van der Waals surface area contributed by atoms with Crippen molar-refractivity contribution in [3.05, 3.63) is 30.3 Å². The summed E-state index contributed by atoms with van der Waals surface area (Å²) in [7, 11) is 1.11. The number of rotatable bonds is 3. The van der Waals surface area contributed by atoms with Gasteiger partial charge < -0.3 is 18.8 Å². The minimum Gasteiger partial charge on any atom is -0.462 e. The normalized spacial score (nSPS) is 9.06. The van der Waals surface area contributed by atoms with E-state index in [2.05, 4.69) is 9.47 Å². The van der Waals surface area contributed by atoms with Gasteiger partial charge in [-0.25, -0.2) is 9.59 Å². The highest BCUT2D eigenvalue weighted by molar-refractivity contribution is 6.64. The fourth-order valence-corrected chi connectivity index (χ4v) is 1.04. The molecule has 1 aromatic carbocycles. The van der Waals surface area contributed by atoms with Crippen LogP contribution in [0.4, 0.5) is 9.59 Å². The van der Waals surface area contributed by atoms with Gasteiger partial charge in [0.25, 0.3) is 0 Å². The van der Waals surface area contributed by atoms with Crippen molar-refractivity contribution < 1.29 is 28.4 Å². The van der Waals surface area contributed by atoms with Crippen molar-refractivity contribution in [2.24, 2.45) is 0 Å². The maximum absolute atomic E-state index is 11.0. The molecule has 0 amide bonds. The summed E-state index contributed by atoms with van der Waals surface area (Å²) < 4.78 is 18.2. The van der Waals surface area contributed by atoms with Crippen molar-refractivity contribution in [2.75, 3.05) is 14.2 Å². The van der Waals surface area contributed by atoms with Gasteiger partial charge in [0.15, 0.2) is 0 Å². The van der Waals surface area contributed by atoms with Gasteiger partial charge in [0.05, 0.1) is 14.2 Å². The molecule has 0 spiro atoms. The van der Waals surface area contributed by atoms with Gasteiger partial charge in [-0.15, -0.1) is 0 Å². The van der Waals surface area contributed by atoms with Gasteiger partial charge in [-0.05, 0) is 0 Å². The second-order valence-corrected chi connectivity index (χ2v) is 2.89. The quantitative estimate of drug-likeness (QED) is 0.576. The first-order chi connectivity index (χ1) is 8.17. The van der Waals surface area contributed by atoms with Crippen molar-refractivity contribution in [3.63, 3.8) is 0 Å². The third kappa shape index (κ3) is 4.06. The van der Waals surface area contributed by atoms with Crippen LogP contribution in [0.1, 0.15) is 0 Å². The highest BCUT2D eigenvalue weighted by Crippen LogP contribution is 1.97. The topological polar surface area (TPSA) is 71.1 Å². The van der Waals surface area contributed by atoms with Crippen molar-refractivity contribution >= 4 is 24.9 Å². The average molecular weight is 238 g/mol. The van der Waals surface area contributed by atoms with Crippen LogP contribution in [-0.2, 0) is 18.8 Å². The Kier molecular flexibility index (Phi) is 4.87. The molecule has 90 valence electrons. The third-order valence-electron chi connectivity index (χ3n) is 1.81. The van der Waals surface area contributed by atoms with Crippen molar-refractivity contribution in [2.45, 2.75) is 0 Å². The molecule has 1 rings (SSSR count). The lowest BCUT2D eigenvalue weighted by atomic mass is 9.79. The van der Waals surface area contributed by atoms with E-state index in [1.807, 2.05) is 0 Å². The Labute approximate surface area is 98.6 Å². The molecular weight excluding hydrogens is 227 g/mol. The summed E-state index contributed by atoms with van der Waals surface area (Å²) in [5.74, 6) is 0. The lowest BCUT2D eigenvalue weighted by molar-refractivity contribution is 0.0946. The van der Waals surface area contributed by atoms with Gasteiger partial charge in [-0.2, -0.15) is 0 Å². The van der Waals surface area contributed by atoms with E-state index >= 15 is 0 Å². The molecule has 0 saturated carbocycles. The van der Waals surface area contributed by atoms with E-state index in [0.717, 1.165) is 14.2 Å². The van der Waals surface area contributed by atoms with Crippen LogP contribution in [0.15, 0.2) is 30.3 Å². The van der Waals surface area contributed by atoms with Crippen molar-refractivity contribution in [1.82, 2.24) is 0 Å². The highest BCUT2D eigenvalue weighted by atomic mass is 16.8. The molecule has 0 aromatic heterocycles. The SMILES string of the molecule is COC(=O)OB(OC(=O)OC)c1ccccc1. The van der Waals surface area contributed by atoms with Crippen LogP contribution in [0.2, 0.25) is 0 Å². The predicted molar refractivity (Wildman–Crippen MR) is 58.8 cm³/mol. The lowest BCUT2D eigenvalue weighted by Crippen LogP contribution is -2.40. The Balaban J connectivity index is 2.79. The van der Waals surface area contributed by atoms with Gasteiger partial charge in [-0.1, -0.05) is 30.3 Å². The van der Waals surface area contributed by atoms with E-state index in [1.54, 1.807) is 30.3 Å². The molecule has 0 aliphatic heterocycles. The van der Waals surface area contributed by atoms with E-state index in [9.17, 15) is 9.59 Å². The molecule has 0 aliphatic carbocycles. The fourth-order valence-electron chi connectivity index (χ4n) is 1.04. The number of carbonyl (C=O) groups excluding carboxylic acids is 2. The van der Waals surface area contributed by atoms with Gasteiger partial charge in [0, 0.05) is 5.46 Å². The smallest absolute Gasteiger partial charge is 0.462 e. The molecule has 6 nitrogen and oxygen atoms in total. The number of methoxy groups -OCH3 is 2. The van der Waals surface area contributed by atoms with Gasteiger partial charge in [0.2, 0.25) is 0 Å². The maximum Gasteiger partial charge on any atom is 0.641 e. The van der Waals surface area contributed by atoms with Crippen LogP contribution in [0.5, 0.6) is 0 Å². The summed E-state index contributed by atoms with van der Waals surface area (Å²) in [5.41, 5.74) is 0.489. The van der Waals surface area contributed by atoms with Gasteiger partial charge in [-0.3, -0.25) is 0 Å². The minimum atomic E-state index is -1.20. The molecule has 0 unspecified atom stereocenters. The van der Waals surface area contributed by atoms with Crippen LogP contribution in [0, 0.1) is 0 Å². The first kappa shape index (κ1) is 12.9. The molecule has 1 aromatic rings. The predicted octanol–water partition coefficient (Wildman–Crippen LogP) is 0.948. The van der Waals surface area contributed by atoms with Crippen LogP contribution < -0.4 is 5.46 Å². The zero-order valence-corrected chi connectivity index (χ0v) is 9.41. The summed E-state index contributed by atoms with van der Waals surface area (Å²) in [6.45, 7) is 0. The molecule has 0 radical (unpaired) electrons. The Morgan fingerprint density at radius 2 is 1.41 bits per heavy atom. The standard InChI is InChI=1S/C10H11BO6/c1-14-9(12)16-11(17-10(13)15-2)8-6-4-3-5-7-8/h3-7H,1-2H3. The number of ether oxygens (including phenoxy) is 2. The van der Waals surface area contributed by atoms with Crippen molar-refractivity contribution in [3.8, 4) is 0 Å². The molecule has 0 heterocycles. The summed E-state index contributed by atoms with van der Waals surface area (Å²) in [6.07, 6.45) is -1.91. The Morgan fingerprint density at radius 3 is 1.82 bits per heavy atom. The van der Waals surface area contributed by atoms with E-state index in [-0.39, 0.29) is 0 Å². The second-order valence-electron chi connectivity index (χ2n) is 2.89. The Bertz CT molecular complexity index is 362. The molecular formula is C10H11BO6. The summed E-state index contributed by atoms with van der Waals surface area (Å²) in [6, 6.07) is 8.47. The monoisotopic (exact) mass is 238 g/mol. The molecule has 0 atom stereocenters. The second kappa shape index (κ2) is 6.42.